The van der Waals surface area contributed by atoms with Crippen molar-refractivity contribution < 1.29 is 13.5 Å². The highest BCUT2D eigenvalue weighted by molar-refractivity contribution is 5.32. The fourth-order valence-corrected chi connectivity index (χ4v) is 3.21. The van der Waals surface area contributed by atoms with Crippen LogP contribution < -0.4 is 0 Å². The lowest BCUT2D eigenvalue weighted by atomic mass is 10.0. The third-order valence-corrected chi connectivity index (χ3v) is 4.52. The topological polar surface area (TPSA) is 12.5 Å². The minimum absolute atomic E-state index is 0.372. The summed E-state index contributed by atoms with van der Waals surface area (Å²) in [5.74, 6) is -0.743. The molecule has 0 saturated carbocycles. The Labute approximate surface area is 142 Å². The maximum absolute atomic E-state index is 14.2. The first-order chi connectivity index (χ1) is 11.8. The average molecular weight is 331 g/mol. The SMILES string of the molecule is Fc1ccccc1C(OCCN1CCCCC1)c1ccccc1F. The monoisotopic (exact) mass is 331 g/mol. The van der Waals surface area contributed by atoms with Gasteiger partial charge in [-0.15, -0.1) is 0 Å². The first-order valence-electron chi connectivity index (χ1n) is 8.58. The standard InChI is InChI=1S/C20H23F2NO/c21-18-10-4-2-8-16(18)20(17-9-3-5-11-19(17)22)24-15-14-23-12-6-1-7-13-23/h2-5,8-11,20H,1,6-7,12-15H2. The van der Waals surface area contributed by atoms with Crippen LogP contribution in [0.2, 0.25) is 0 Å². The van der Waals surface area contributed by atoms with Gasteiger partial charge in [0.05, 0.1) is 6.61 Å². The van der Waals surface area contributed by atoms with Crippen molar-refractivity contribution >= 4 is 0 Å². The van der Waals surface area contributed by atoms with E-state index < -0.39 is 6.10 Å². The molecule has 0 spiro atoms. The molecule has 2 nitrogen and oxygen atoms in total. The molecule has 0 amide bonds. The molecule has 24 heavy (non-hydrogen) atoms. The summed E-state index contributed by atoms with van der Waals surface area (Å²) in [6.07, 6.45) is 2.98. The first-order valence-corrected chi connectivity index (χ1v) is 8.58. The minimum atomic E-state index is -0.725. The van der Waals surface area contributed by atoms with Gasteiger partial charge in [0.2, 0.25) is 0 Å². The molecule has 0 aliphatic carbocycles. The Morgan fingerprint density at radius 2 is 1.38 bits per heavy atom. The molecule has 0 unspecified atom stereocenters. The van der Waals surface area contributed by atoms with Crippen LogP contribution in [0, 0.1) is 11.6 Å². The maximum Gasteiger partial charge on any atom is 0.129 e. The highest BCUT2D eigenvalue weighted by atomic mass is 19.1. The van der Waals surface area contributed by atoms with Crippen molar-refractivity contribution in [2.75, 3.05) is 26.2 Å². The minimum Gasteiger partial charge on any atom is -0.367 e. The molecule has 0 N–H and O–H groups in total. The van der Waals surface area contributed by atoms with Crippen molar-refractivity contribution in [3.63, 3.8) is 0 Å². The number of piperidine rings is 1. The van der Waals surface area contributed by atoms with Gasteiger partial charge in [-0.1, -0.05) is 42.8 Å². The molecule has 1 saturated heterocycles. The number of hydrogen-bond donors (Lipinski definition) is 0. The molecule has 1 fully saturated rings. The van der Waals surface area contributed by atoms with Crippen LogP contribution in [0.3, 0.4) is 0 Å². The highest BCUT2D eigenvalue weighted by Gasteiger charge is 2.22. The van der Waals surface area contributed by atoms with Crippen molar-refractivity contribution in [3.05, 3.63) is 71.3 Å². The van der Waals surface area contributed by atoms with Gasteiger partial charge < -0.3 is 9.64 Å². The lowest BCUT2D eigenvalue weighted by Crippen LogP contribution is -2.33. The molecule has 0 bridgehead atoms. The molecule has 0 atom stereocenters. The molecule has 1 aliphatic heterocycles. The third kappa shape index (κ3) is 4.19. The van der Waals surface area contributed by atoms with Gasteiger partial charge in [-0.05, 0) is 38.1 Å². The summed E-state index contributed by atoms with van der Waals surface area (Å²) in [6.45, 7) is 3.40. The molecular weight excluding hydrogens is 308 g/mol. The van der Waals surface area contributed by atoms with Crippen LogP contribution in [0.5, 0.6) is 0 Å². The van der Waals surface area contributed by atoms with E-state index in [1.54, 1.807) is 36.4 Å². The first kappa shape index (κ1) is 17.1. The van der Waals surface area contributed by atoms with Crippen LogP contribution in [-0.2, 0) is 4.74 Å². The van der Waals surface area contributed by atoms with E-state index >= 15 is 0 Å². The zero-order valence-electron chi connectivity index (χ0n) is 13.8. The molecular formula is C20H23F2NO. The Bertz CT molecular complexity index is 610. The van der Waals surface area contributed by atoms with Gasteiger partial charge in [-0.2, -0.15) is 0 Å². The molecule has 1 aliphatic rings. The summed E-state index contributed by atoms with van der Waals surface area (Å²) in [5.41, 5.74) is 0.752. The van der Waals surface area contributed by atoms with Crippen molar-refractivity contribution in [3.8, 4) is 0 Å². The van der Waals surface area contributed by atoms with E-state index in [-0.39, 0.29) is 11.6 Å². The third-order valence-electron chi connectivity index (χ3n) is 4.52. The Kier molecular flexibility index (Phi) is 5.94. The van der Waals surface area contributed by atoms with Crippen LogP contribution in [0.25, 0.3) is 0 Å². The Hall–Kier alpha value is -1.78. The summed E-state index contributed by atoms with van der Waals surface area (Å²) < 4.78 is 34.4. The van der Waals surface area contributed by atoms with E-state index in [0.717, 1.165) is 19.6 Å². The molecule has 1 heterocycles. The van der Waals surface area contributed by atoms with Gasteiger partial charge in [-0.25, -0.2) is 8.78 Å². The average Bonchev–Trinajstić information content (AvgIpc) is 2.61. The largest absolute Gasteiger partial charge is 0.367 e. The van der Waals surface area contributed by atoms with Gasteiger partial charge in [-0.3, -0.25) is 0 Å². The molecule has 0 radical (unpaired) electrons. The number of nitrogens with zero attached hydrogens (tertiary/aromatic N) is 1. The molecule has 3 rings (SSSR count). The Balaban J connectivity index is 1.75. The lowest BCUT2D eigenvalue weighted by Gasteiger charge is -2.27. The second-order valence-electron chi connectivity index (χ2n) is 6.20. The van der Waals surface area contributed by atoms with Crippen LogP contribution in [0.15, 0.2) is 48.5 Å². The van der Waals surface area contributed by atoms with Crippen molar-refractivity contribution in [2.24, 2.45) is 0 Å². The van der Waals surface area contributed by atoms with E-state index in [1.807, 2.05) is 0 Å². The Morgan fingerprint density at radius 3 is 1.92 bits per heavy atom. The fraction of sp³-hybridized carbons (Fsp3) is 0.400. The molecule has 0 aromatic heterocycles. The van der Waals surface area contributed by atoms with Crippen molar-refractivity contribution in [1.29, 1.82) is 0 Å². The molecule has 2 aromatic carbocycles. The summed E-state index contributed by atoms with van der Waals surface area (Å²) in [5, 5.41) is 0. The highest BCUT2D eigenvalue weighted by Crippen LogP contribution is 2.29. The zero-order chi connectivity index (χ0) is 16.8. The molecule has 4 heteroatoms. The summed E-state index contributed by atoms with van der Waals surface area (Å²) >= 11 is 0. The van der Waals surface area contributed by atoms with Crippen LogP contribution in [0.4, 0.5) is 8.78 Å². The van der Waals surface area contributed by atoms with Gasteiger partial charge in [0.25, 0.3) is 0 Å². The second kappa shape index (κ2) is 8.36. The molecule has 128 valence electrons. The van der Waals surface area contributed by atoms with Gasteiger partial charge in [0, 0.05) is 17.7 Å². The number of rotatable bonds is 6. The lowest BCUT2D eigenvalue weighted by molar-refractivity contribution is 0.0521. The quantitative estimate of drug-likeness (QED) is 0.769. The van der Waals surface area contributed by atoms with Crippen LogP contribution in [-0.4, -0.2) is 31.1 Å². The van der Waals surface area contributed by atoms with E-state index in [2.05, 4.69) is 4.90 Å². The zero-order valence-corrected chi connectivity index (χ0v) is 13.8. The van der Waals surface area contributed by atoms with Gasteiger partial charge in [0.1, 0.15) is 17.7 Å². The fourth-order valence-electron chi connectivity index (χ4n) is 3.21. The van der Waals surface area contributed by atoms with Crippen LogP contribution in [0.1, 0.15) is 36.5 Å². The normalized spacial score (nSPS) is 15.8. The van der Waals surface area contributed by atoms with E-state index in [1.165, 1.54) is 31.4 Å². The summed E-state index contributed by atoms with van der Waals surface area (Å²) in [6, 6.07) is 12.9. The summed E-state index contributed by atoms with van der Waals surface area (Å²) in [7, 11) is 0. The molecule has 2 aromatic rings. The van der Waals surface area contributed by atoms with Gasteiger partial charge >= 0.3 is 0 Å². The predicted octanol–water partition coefficient (Wildman–Crippen LogP) is 4.56. The van der Waals surface area contributed by atoms with Crippen molar-refractivity contribution in [2.45, 2.75) is 25.4 Å². The number of ether oxygens (including phenoxy) is 1. The number of likely N-dealkylation sites (tertiary alicyclic amines) is 1. The maximum atomic E-state index is 14.2. The number of hydrogen-bond acceptors (Lipinski definition) is 2. The van der Waals surface area contributed by atoms with E-state index in [0.29, 0.717) is 17.7 Å². The van der Waals surface area contributed by atoms with Gasteiger partial charge in [0.15, 0.2) is 0 Å². The second-order valence-corrected chi connectivity index (χ2v) is 6.20. The van der Waals surface area contributed by atoms with E-state index in [4.69, 9.17) is 4.74 Å². The number of halogens is 2. The summed E-state index contributed by atoms with van der Waals surface area (Å²) in [4.78, 5) is 2.35. The van der Waals surface area contributed by atoms with Crippen molar-refractivity contribution in [1.82, 2.24) is 4.90 Å². The smallest absolute Gasteiger partial charge is 0.129 e. The van der Waals surface area contributed by atoms with Crippen LogP contribution >= 0.6 is 0 Å². The predicted molar refractivity (Wildman–Crippen MR) is 90.9 cm³/mol. The van der Waals surface area contributed by atoms with E-state index in [9.17, 15) is 8.78 Å². The Morgan fingerprint density at radius 1 is 0.833 bits per heavy atom. The number of benzene rings is 2.